The Balaban J connectivity index is 1.45. The van der Waals surface area contributed by atoms with Crippen molar-refractivity contribution < 1.29 is 14.4 Å². The van der Waals surface area contributed by atoms with Crippen molar-refractivity contribution in [1.29, 1.82) is 0 Å². The summed E-state index contributed by atoms with van der Waals surface area (Å²) in [5.74, 6) is -0.356. The molecule has 2 aromatic carbocycles. The fourth-order valence-electron chi connectivity index (χ4n) is 3.14. The summed E-state index contributed by atoms with van der Waals surface area (Å²) in [7, 11) is 0. The van der Waals surface area contributed by atoms with Gasteiger partial charge in [0.25, 0.3) is 11.1 Å². The highest BCUT2D eigenvalue weighted by Gasteiger charge is 2.29. The van der Waals surface area contributed by atoms with E-state index in [9.17, 15) is 14.4 Å². The number of carbonyl (C=O) groups is 3. The highest BCUT2D eigenvalue weighted by molar-refractivity contribution is 8.14. The molecule has 4 rings (SSSR count). The Hall–Kier alpha value is -3.46. The summed E-state index contributed by atoms with van der Waals surface area (Å²) in [4.78, 5) is 37.3. The van der Waals surface area contributed by atoms with Gasteiger partial charge in [-0.25, -0.2) is 4.68 Å². The Morgan fingerprint density at radius 1 is 1.13 bits per heavy atom. The molecule has 1 aromatic heterocycles. The Morgan fingerprint density at radius 2 is 1.90 bits per heavy atom. The van der Waals surface area contributed by atoms with Crippen molar-refractivity contribution in [2.45, 2.75) is 20.4 Å². The molecule has 30 heavy (non-hydrogen) atoms. The average molecular weight is 421 g/mol. The smallest absolute Gasteiger partial charge is 0.289 e. The molecule has 3 amide bonds. The van der Waals surface area contributed by atoms with E-state index in [0.29, 0.717) is 11.4 Å². The van der Waals surface area contributed by atoms with Gasteiger partial charge in [0.05, 0.1) is 23.7 Å². The summed E-state index contributed by atoms with van der Waals surface area (Å²) in [6, 6.07) is 14.8. The van der Waals surface area contributed by atoms with Gasteiger partial charge in [0.15, 0.2) is 5.69 Å². The standard InChI is InChI=1S/C21H19N5O3S/c1-13-4-3-5-17(10-13)26-14(2)19(23-24-26)20(28)22-16-8-6-15(7-9-16)11-25-18(27)12-30-21(25)29/h3-10H,11-12H2,1-2H3,(H,22,28). The van der Waals surface area contributed by atoms with Crippen LogP contribution in [0.1, 0.15) is 27.3 Å². The van der Waals surface area contributed by atoms with E-state index in [1.54, 1.807) is 35.9 Å². The quantitative estimate of drug-likeness (QED) is 0.679. The normalized spacial score (nSPS) is 13.7. The lowest BCUT2D eigenvalue weighted by atomic mass is 10.2. The topological polar surface area (TPSA) is 97.2 Å². The van der Waals surface area contributed by atoms with Crippen molar-refractivity contribution in [3.05, 3.63) is 71.0 Å². The van der Waals surface area contributed by atoms with Gasteiger partial charge in [-0.3, -0.25) is 19.3 Å². The second-order valence-electron chi connectivity index (χ2n) is 6.96. The Morgan fingerprint density at radius 3 is 2.57 bits per heavy atom. The van der Waals surface area contributed by atoms with Gasteiger partial charge in [-0.05, 0) is 49.2 Å². The largest absolute Gasteiger partial charge is 0.321 e. The first-order valence-corrected chi connectivity index (χ1v) is 10.3. The van der Waals surface area contributed by atoms with E-state index >= 15 is 0 Å². The predicted molar refractivity (Wildman–Crippen MR) is 114 cm³/mol. The van der Waals surface area contributed by atoms with Crippen LogP contribution in [0.4, 0.5) is 10.5 Å². The monoisotopic (exact) mass is 421 g/mol. The van der Waals surface area contributed by atoms with Crippen molar-refractivity contribution >= 4 is 34.5 Å². The number of carbonyl (C=O) groups excluding carboxylic acids is 3. The fraction of sp³-hybridized carbons (Fsp3) is 0.190. The summed E-state index contributed by atoms with van der Waals surface area (Å²) >= 11 is 1.01. The number of imide groups is 1. The number of amides is 3. The Kier molecular flexibility index (Phi) is 5.37. The SMILES string of the molecule is Cc1cccc(-n2nnc(C(=O)Nc3ccc(CN4C(=O)CSC4=O)cc3)c2C)c1. The molecule has 0 unspecified atom stereocenters. The van der Waals surface area contributed by atoms with Gasteiger partial charge in [0.2, 0.25) is 5.91 Å². The van der Waals surface area contributed by atoms with Gasteiger partial charge in [-0.2, -0.15) is 0 Å². The first-order chi connectivity index (χ1) is 14.4. The number of anilines is 1. The van der Waals surface area contributed by atoms with Crippen LogP contribution in [0.5, 0.6) is 0 Å². The maximum absolute atomic E-state index is 12.7. The minimum atomic E-state index is -0.361. The number of rotatable bonds is 5. The molecule has 0 aliphatic carbocycles. The van der Waals surface area contributed by atoms with Gasteiger partial charge in [0, 0.05) is 5.69 Å². The van der Waals surface area contributed by atoms with Crippen LogP contribution in [-0.4, -0.2) is 42.7 Å². The van der Waals surface area contributed by atoms with E-state index in [4.69, 9.17) is 0 Å². The molecule has 3 aromatic rings. The third-order valence-electron chi connectivity index (χ3n) is 4.75. The molecule has 2 heterocycles. The lowest BCUT2D eigenvalue weighted by Gasteiger charge is -2.13. The van der Waals surface area contributed by atoms with Gasteiger partial charge in [-0.1, -0.05) is 41.2 Å². The zero-order chi connectivity index (χ0) is 21.3. The van der Waals surface area contributed by atoms with E-state index in [2.05, 4.69) is 15.6 Å². The van der Waals surface area contributed by atoms with Crippen molar-refractivity contribution in [2.24, 2.45) is 0 Å². The number of nitrogens with one attached hydrogen (secondary N) is 1. The Labute approximate surface area is 177 Å². The fourth-order valence-corrected chi connectivity index (χ4v) is 3.87. The van der Waals surface area contributed by atoms with Crippen LogP contribution in [0.2, 0.25) is 0 Å². The zero-order valence-corrected chi connectivity index (χ0v) is 17.3. The first kappa shape index (κ1) is 19.8. The molecule has 0 radical (unpaired) electrons. The van der Waals surface area contributed by atoms with Gasteiger partial charge in [0.1, 0.15) is 0 Å². The Bertz CT molecular complexity index is 1120. The molecule has 1 aliphatic rings. The van der Waals surface area contributed by atoms with Gasteiger partial charge >= 0.3 is 0 Å². The molecule has 0 spiro atoms. The van der Waals surface area contributed by atoms with Crippen molar-refractivity contribution in [3.8, 4) is 5.69 Å². The van der Waals surface area contributed by atoms with Crippen LogP contribution in [0, 0.1) is 13.8 Å². The van der Waals surface area contributed by atoms with E-state index in [-0.39, 0.29) is 35.0 Å². The van der Waals surface area contributed by atoms with Gasteiger partial charge < -0.3 is 5.32 Å². The first-order valence-electron chi connectivity index (χ1n) is 9.29. The zero-order valence-electron chi connectivity index (χ0n) is 16.5. The molecule has 8 nitrogen and oxygen atoms in total. The summed E-state index contributed by atoms with van der Waals surface area (Å²) < 4.78 is 1.63. The second-order valence-corrected chi connectivity index (χ2v) is 7.89. The van der Waals surface area contributed by atoms with Gasteiger partial charge in [-0.15, -0.1) is 5.10 Å². The molecular weight excluding hydrogens is 402 g/mol. The molecule has 1 N–H and O–H groups in total. The lowest BCUT2D eigenvalue weighted by molar-refractivity contribution is -0.125. The second kappa shape index (κ2) is 8.11. The number of aryl methyl sites for hydroxylation is 1. The third-order valence-corrected chi connectivity index (χ3v) is 5.61. The van der Waals surface area contributed by atoms with Crippen molar-refractivity contribution in [3.63, 3.8) is 0 Å². The van der Waals surface area contributed by atoms with E-state index in [1.807, 2.05) is 31.2 Å². The molecule has 152 valence electrons. The molecular formula is C21H19N5O3S. The number of hydrogen-bond acceptors (Lipinski definition) is 6. The minimum Gasteiger partial charge on any atom is -0.321 e. The molecule has 1 aliphatic heterocycles. The minimum absolute atomic E-state index is 0.186. The summed E-state index contributed by atoms with van der Waals surface area (Å²) in [5.41, 5.74) is 4.20. The van der Waals surface area contributed by atoms with Crippen LogP contribution in [-0.2, 0) is 11.3 Å². The van der Waals surface area contributed by atoms with E-state index < -0.39 is 0 Å². The number of aromatic nitrogens is 3. The molecule has 1 saturated heterocycles. The highest BCUT2D eigenvalue weighted by Crippen LogP contribution is 2.22. The molecule has 0 bridgehead atoms. The summed E-state index contributed by atoms with van der Waals surface area (Å²) in [5, 5.41) is 10.7. The van der Waals surface area contributed by atoms with Crippen LogP contribution in [0.3, 0.4) is 0 Å². The number of nitrogens with zero attached hydrogens (tertiary/aromatic N) is 4. The molecule has 1 fully saturated rings. The van der Waals surface area contributed by atoms with Crippen LogP contribution in [0.25, 0.3) is 5.69 Å². The number of hydrogen-bond donors (Lipinski definition) is 1. The lowest BCUT2D eigenvalue weighted by Crippen LogP contribution is -2.27. The predicted octanol–water partition coefficient (Wildman–Crippen LogP) is 3.33. The maximum atomic E-state index is 12.7. The average Bonchev–Trinajstić information content (AvgIpc) is 3.26. The molecule has 0 saturated carbocycles. The van der Waals surface area contributed by atoms with Crippen LogP contribution < -0.4 is 5.32 Å². The van der Waals surface area contributed by atoms with E-state index in [1.165, 1.54) is 4.90 Å². The van der Waals surface area contributed by atoms with E-state index in [0.717, 1.165) is 28.6 Å². The highest BCUT2D eigenvalue weighted by atomic mass is 32.2. The summed E-state index contributed by atoms with van der Waals surface area (Å²) in [6.45, 7) is 4.01. The molecule has 9 heteroatoms. The van der Waals surface area contributed by atoms with Crippen molar-refractivity contribution in [2.75, 3.05) is 11.1 Å². The van der Waals surface area contributed by atoms with Crippen molar-refractivity contribution in [1.82, 2.24) is 19.9 Å². The third kappa shape index (κ3) is 3.97. The van der Waals surface area contributed by atoms with Crippen LogP contribution >= 0.6 is 11.8 Å². The number of thioether (sulfide) groups is 1. The number of benzene rings is 2. The summed E-state index contributed by atoms with van der Waals surface area (Å²) in [6.07, 6.45) is 0. The van der Waals surface area contributed by atoms with Crippen LogP contribution in [0.15, 0.2) is 48.5 Å². The molecule has 0 atom stereocenters. The maximum Gasteiger partial charge on any atom is 0.289 e.